The molecule has 0 radical (unpaired) electrons. The lowest BCUT2D eigenvalue weighted by Gasteiger charge is -2.37. The molecule has 138 valence electrons. The summed E-state index contributed by atoms with van der Waals surface area (Å²) in [6.07, 6.45) is 16.4. The van der Waals surface area contributed by atoms with Crippen LogP contribution in [-0.4, -0.2) is 24.9 Å². The number of Topliss-reactive ketones (excluding diaryl/α,β-unsaturated/α-hetero) is 1. The molecule has 24 heavy (non-hydrogen) atoms. The number of quaternary nitrogens is 1. The number of hydrogen-bond acceptors (Lipinski definition) is 1. The molecule has 1 N–H and O–H groups in total. The predicted molar refractivity (Wildman–Crippen MR) is 100 cm³/mol. The number of rotatable bonds is 5. The standard InChI is InChI=1S/C22H39NO/c1-3-18-10-9-17(2)23(15-18)16-22(24)21-13-11-20(12-14-21)19-7-5-4-6-8-19/h17-21H,3-16H2,1-2H3/p+1. The van der Waals surface area contributed by atoms with Gasteiger partial charge in [0.1, 0.15) is 6.54 Å². The van der Waals surface area contributed by atoms with Gasteiger partial charge < -0.3 is 4.90 Å². The van der Waals surface area contributed by atoms with Crippen molar-refractivity contribution in [3.63, 3.8) is 0 Å². The lowest BCUT2D eigenvalue weighted by atomic mass is 9.70. The molecule has 3 fully saturated rings. The molecular weight excluding hydrogens is 294 g/mol. The fourth-order valence-electron chi connectivity index (χ4n) is 5.85. The van der Waals surface area contributed by atoms with Gasteiger partial charge in [-0.05, 0) is 63.7 Å². The number of carbonyl (C=O) groups excluding carboxylic acids is 1. The minimum atomic E-state index is 0.395. The van der Waals surface area contributed by atoms with Gasteiger partial charge in [-0.25, -0.2) is 0 Å². The van der Waals surface area contributed by atoms with Crippen molar-refractivity contribution in [3.8, 4) is 0 Å². The second-order valence-electron chi connectivity index (χ2n) is 9.27. The van der Waals surface area contributed by atoms with Crippen LogP contribution in [0.3, 0.4) is 0 Å². The zero-order chi connectivity index (χ0) is 16.9. The molecule has 3 atom stereocenters. The first-order valence-corrected chi connectivity index (χ1v) is 11.0. The van der Waals surface area contributed by atoms with Crippen LogP contribution in [-0.2, 0) is 4.79 Å². The van der Waals surface area contributed by atoms with E-state index in [0.717, 1.165) is 24.3 Å². The van der Waals surface area contributed by atoms with Crippen LogP contribution in [0.5, 0.6) is 0 Å². The molecule has 3 unspecified atom stereocenters. The molecule has 0 amide bonds. The maximum Gasteiger partial charge on any atom is 0.189 e. The molecule has 0 aromatic rings. The summed E-state index contributed by atoms with van der Waals surface area (Å²) >= 11 is 0. The molecule has 0 aromatic heterocycles. The molecule has 1 saturated heterocycles. The summed E-state index contributed by atoms with van der Waals surface area (Å²) in [5.41, 5.74) is 0. The van der Waals surface area contributed by atoms with Gasteiger partial charge in [-0.15, -0.1) is 0 Å². The fourth-order valence-corrected chi connectivity index (χ4v) is 5.85. The largest absolute Gasteiger partial charge is 0.326 e. The first-order valence-electron chi connectivity index (χ1n) is 11.0. The van der Waals surface area contributed by atoms with Gasteiger partial charge in [-0.2, -0.15) is 0 Å². The average molecular weight is 335 g/mol. The lowest BCUT2D eigenvalue weighted by molar-refractivity contribution is -0.924. The van der Waals surface area contributed by atoms with Gasteiger partial charge >= 0.3 is 0 Å². The lowest BCUT2D eigenvalue weighted by Crippen LogP contribution is -3.17. The van der Waals surface area contributed by atoms with Crippen molar-refractivity contribution in [1.82, 2.24) is 0 Å². The van der Waals surface area contributed by atoms with Crippen LogP contribution in [0.15, 0.2) is 0 Å². The van der Waals surface area contributed by atoms with E-state index in [-0.39, 0.29) is 0 Å². The summed E-state index contributed by atoms with van der Waals surface area (Å²) in [6.45, 7) is 6.72. The van der Waals surface area contributed by atoms with Gasteiger partial charge in [0, 0.05) is 11.8 Å². The Hall–Kier alpha value is -0.370. The SMILES string of the molecule is CCC1CCC(C)[NH+](CC(=O)C2CCC(C3CCCCC3)CC2)C1. The van der Waals surface area contributed by atoms with Gasteiger partial charge in [0.2, 0.25) is 0 Å². The molecule has 1 heterocycles. The van der Waals surface area contributed by atoms with Gasteiger partial charge in [0.25, 0.3) is 0 Å². The van der Waals surface area contributed by atoms with Crippen LogP contribution in [0, 0.1) is 23.7 Å². The van der Waals surface area contributed by atoms with E-state index in [0.29, 0.717) is 17.7 Å². The zero-order valence-electron chi connectivity index (χ0n) is 16.2. The van der Waals surface area contributed by atoms with Crippen LogP contribution in [0.1, 0.15) is 90.9 Å². The minimum absolute atomic E-state index is 0.395. The quantitative estimate of drug-likeness (QED) is 0.805. The van der Waals surface area contributed by atoms with E-state index in [1.165, 1.54) is 83.6 Å². The van der Waals surface area contributed by atoms with Crippen LogP contribution in [0.25, 0.3) is 0 Å². The maximum atomic E-state index is 12.9. The minimum Gasteiger partial charge on any atom is -0.326 e. The summed E-state index contributed by atoms with van der Waals surface area (Å²) in [6, 6.07) is 0.690. The monoisotopic (exact) mass is 334 g/mol. The second-order valence-corrected chi connectivity index (χ2v) is 9.27. The topological polar surface area (TPSA) is 21.5 Å². The number of ketones is 1. The Labute approximate surface area is 149 Å². The first kappa shape index (κ1) is 18.4. The molecule has 2 aliphatic carbocycles. The molecular formula is C22H40NO+. The van der Waals surface area contributed by atoms with E-state index in [2.05, 4.69) is 13.8 Å². The molecule has 3 aliphatic rings. The summed E-state index contributed by atoms with van der Waals surface area (Å²) in [5.74, 6) is 3.78. The van der Waals surface area contributed by atoms with Crippen LogP contribution in [0.2, 0.25) is 0 Å². The number of carbonyl (C=O) groups is 1. The van der Waals surface area contributed by atoms with Gasteiger partial charge in [-0.1, -0.05) is 39.0 Å². The third-order valence-corrected chi connectivity index (χ3v) is 7.78. The molecule has 1 aliphatic heterocycles. The van der Waals surface area contributed by atoms with Crippen molar-refractivity contribution in [3.05, 3.63) is 0 Å². The molecule has 2 nitrogen and oxygen atoms in total. The van der Waals surface area contributed by atoms with Gasteiger partial charge in [0.15, 0.2) is 5.78 Å². The molecule has 2 saturated carbocycles. The Morgan fingerprint density at radius 1 is 0.875 bits per heavy atom. The van der Waals surface area contributed by atoms with Crippen molar-refractivity contribution in [1.29, 1.82) is 0 Å². The van der Waals surface area contributed by atoms with E-state index in [1.54, 1.807) is 4.90 Å². The Balaban J connectivity index is 1.44. The van der Waals surface area contributed by atoms with E-state index >= 15 is 0 Å². The van der Waals surface area contributed by atoms with Gasteiger partial charge in [-0.3, -0.25) is 4.79 Å². The Bertz CT molecular complexity index is 393. The summed E-state index contributed by atoms with van der Waals surface area (Å²) < 4.78 is 0. The molecule has 0 aromatic carbocycles. The third-order valence-electron chi connectivity index (χ3n) is 7.78. The normalized spacial score (nSPS) is 38.8. The molecule has 0 bridgehead atoms. The van der Waals surface area contributed by atoms with Crippen LogP contribution >= 0.6 is 0 Å². The van der Waals surface area contributed by atoms with E-state index < -0.39 is 0 Å². The van der Waals surface area contributed by atoms with E-state index in [1.807, 2.05) is 0 Å². The summed E-state index contributed by atoms with van der Waals surface area (Å²) in [5, 5.41) is 0. The van der Waals surface area contributed by atoms with Crippen molar-refractivity contribution < 1.29 is 9.69 Å². The highest BCUT2D eigenvalue weighted by atomic mass is 16.1. The van der Waals surface area contributed by atoms with Crippen molar-refractivity contribution >= 4 is 5.78 Å². The number of nitrogens with one attached hydrogen (secondary N) is 1. The Morgan fingerprint density at radius 2 is 1.54 bits per heavy atom. The van der Waals surface area contributed by atoms with Gasteiger partial charge in [0.05, 0.1) is 12.6 Å². The predicted octanol–water partition coefficient (Wildman–Crippen LogP) is 4.04. The number of hydrogen-bond donors (Lipinski definition) is 1. The molecule has 2 heteroatoms. The number of likely N-dealkylation sites (tertiary alicyclic amines) is 1. The van der Waals surface area contributed by atoms with E-state index in [9.17, 15) is 4.79 Å². The highest BCUT2D eigenvalue weighted by molar-refractivity contribution is 5.82. The maximum absolute atomic E-state index is 12.9. The van der Waals surface area contributed by atoms with Crippen LogP contribution in [0.4, 0.5) is 0 Å². The summed E-state index contributed by atoms with van der Waals surface area (Å²) in [4.78, 5) is 14.5. The molecule has 0 spiro atoms. The zero-order valence-corrected chi connectivity index (χ0v) is 16.2. The first-order chi connectivity index (χ1) is 11.7. The Kier molecular flexibility index (Phi) is 6.78. The fraction of sp³-hybridized carbons (Fsp3) is 0.955. The second kappa shape index (κ2) is 8.83. The van der Waals surface area contributed by atoms with Crippen molar-refractivity contribution in [2.75, 3.05) is 13.1 Å². The average Bonchev–Trinajstić information content (AvgIpc) is 2.64. The summed E-state index contributed by atoms with van der Waals surface area (Å²) in [7, 11) is 0. The number of piperidine rings is 1. The highest BCUT2D eigenvalue weighted by Crippen LogP contribution is 2.40. The highest BCUT2D eigenvalue weighted by Gasteiger charge is 2.35. The Morgan fingerprint density at radius 3 is 2.21 bits per heavy atom. The van der Waals surface area contributed by atoms with Crippen molar-refractivity contribution in [2.45, 2.75) is 96.9 Å². The third kappa shape index (κ3) is 4.62. The van der Waals surface area contributed by atoms with Crippen molar-refractivity contribution in [2.24, 2.45) is 23.7 Å². The smallest absolute Gasteiger partial charge is 0.189 e. The van der Waals surface area contributed by atoms with E-state index in [4.69, 9.17) is 0 Å². The van der Waals surface area contributed by atoms with Crippen LogP contribution < -0.4 is 4.90 Å². The molecule has 3 rings (SSSR count).